The summed E-state index contributed by atoms with van der Waals surface area (Å²) in [6.07, 6.45) is 1.82. The van der Waals surface area contributed by atoms with E-state index in [9.17, 15) is 0 Å². The van der Waals surface area contributed by atoms with Crippen molar-refractivity contribution < 1.29 is 4.74 Å². The largest absolute Gasteiger partial charge is 0.489 e. The van der Waals surface area contributed by atoms with E-state index in [1.54, 1.807) is 0 Å². The summed E-state index contributed by atoms with van der Waals surface area (Å²) in [5.41, 5.74) is 3.92. The van der Waals surface area contributed by atoms with Crippen molar-refractivity contribution >= 4 is 35.1 Å². The maximum absolute atomic E-state index is 6.11. The number of rotatable bonds is 5. The van der Waals surface area contributed by atoms with Gasteiger partial charge in [0.15, 0.2) is 0 Å². The van der Waals surface area contributed by atoms with Gasteiger partial charge in [0.1, 0.15) is 12.4 Å². The summed E-state index contributed by atoms with van der Waals surface area (Å²) < 4.78 is 5.78. The van der Waals surface area contributed by atoms with E-state index in [1.807, 2.05) is 79.9 Å². The van der Waals surface area contributed by atoms with E-state index >= 15 is 0 Å². The Hall–Kier alpha value is -2.29. The van der Waals surface area contributed by atoms with Crippen molar-refractivity contribution in [2.45, 2.75) is 13.5 Å². The lowest BCUT2D eigenvalue weighted by Gasteiger charge is -2.06. The maximum atomic E-state index is 6.11. The van der Waals surface area contributed by atoms with Gasteiger partial charge in [-0.2, -0.15) is 0 Å². The van der Waals surface area contributed by atoms with Crippen LogP contribution in [0.2, 0.25) is 10.0 Å². The first kappa shape index (κ1) is 17.5. The molecule has 0 saturated heterocycles. The Morgan fingerprint density at radius 3 is 2.36 bits per heavy atom. The van der Waals surface area contributed by atoms with Crippen LogP contribution in [0.1, 0.15) is 16.7 Å². The Morgan fingerprint density at radius 1 is 0.920 bits per heavy atom. The van der Waals surface area contributed by atoms with Gasteiger partial charge in [0.05, 0.1) is 5.69 Å². The first-order valence-corrected chi connectivity index (χ1v) is 8.64. The summed E-state index contributed by atoms with van der Waals surface area (Å²) in [7, 11) is 0. The zero-order chi connectivity index (χ0) is 17.6. The Bertz CT molecular complexity index is 871. The lowest BCUT2D eigenvalue weighted by atomic mass is 10.2. The van der Waals surface area contributed by atoms with Crippen molar-refractivity contribution in [1.82, 2.24) is 0 Å². The molecule has 0 aliphatic carbocycles. The summed E-state index contributed by atoms with van der Waals surface area (Å²) in [6, 6.07) is 21.1. The third kappa shape index (κ3) is 4.85. The molecule has 0 aliphatic heterocycles. The average Bonchev–Trinajstić information content (AvgIpc) is 2.63. The minimum Gasteiger partial charge on any atom is -0.489 e. The molecule has 126 valence electrons. The fourth-order valence-corrected chi connectivity index (χ4v) is 2.57. The molecule has 0 atom stereocenters. The van der Waals surface area contributed by atoms with Crippen LogP contribution in [0.25, 0.3) is 0 Å². The number of hydrogen-bond donors (Lipinski definition) is 0. The quantitative estimate of drug-likeness (QED) is 0.462. The molecule has 0 amide bonds. The van der Waals surface area contributed by atoms with E-state index in [0.717, 1.165) is 38.2 Å². The number of aliphatic imine (C=N–C) groups is 1. The van der Waals surface area contributed by atoms with Gasteiger partial charge in [-0.25, -0.2) is 0 Å². The molecule has 0 N–H and O–H groups in total. The van der Waals surface area contributed by atoms with Crippen LogP contribution in [0.3, 0.4) is 0 Å². The molecule has 0 radical (unpaired) electrons. The van der Waals surface area contributed by atoms with Crippen molar-refractivity contribution in [3.05, 3.63) is 93.5 Å². The van der Waals surface area contributed by atoms with Crippen LogP contribution >= 0.6 is 23.2 Å². The summed E-state index contributed by atoms with van der Waals surface area (Å²) >= 11 is 12.0. The lowest BCUT2D eigenvalue weighted by Crippen LogP contribution is -1.95. The van der Waals surface area contributed by atoms with Crippen molar-refractivity contribution in [1.29, 1.82) is 0 Å². The van der Waals surface area contributed by atoms with E-state index in [4.69, 9.17) is 27.9 Å². The van der Waals surface area contributed by atoms with Crippen molar-refractivity contribution in [3.63, 3.8) is 0 Å². The predicted molar refractivity (Wildman–Crippen MR) is 106 cm³/mol. The fraction of sp³-hybridized carbons (Fsp3) is 0.0952. The number of ether oxygens (including phenoxy) is 1. The van der Waals surface area contributed by atoms with Crippen molar-refractivity contribution in [2.24, 2.45) is 4.99 Å². The van der Waals surface area contributed by atoms with Crippen LogP contribution < -0.4 is 4.74 Å². The highest BCUT2D eigenvalue weighted by atomic mass is 35.5. The van der Waals surface area contributed by atoms with E-state index in [0.29, 0.717) is 6.61 Å². The zero-order valence-corrected chi connectivity index (χ0v) is 15.3. The Morgan fingerprint density at radius 2 is 1.64 bits per heavy atom. The summed E-state index contributed by atoms with van der Waals surface area (Å²) in [4.78, 5) is 4.51. The minimum absolute atomic E-state index is 0.506. The van der Waals surface area contributed by atoms with Crippen LogP contribution in [0.4, 0.5) is 5.69 Å². The van der Waals surface area contributed by atoms with Gasteiger partial charge in [0.2, 0.25) is 0 Å². The number of hydrogen-bond acceptors (Lipinski definition) is 2. The lowest BCUT2D eigenvalue weighted by molar-refractivity contribution is 0.306. The van der Waals surface area contributed by atoms with Gasteiger partial charge in [-0.3, -0.25) is 4.99 Å². The molecule has 0 bridgehead atoms. The minimum atomic E-state index is 0.506. The second-order valence-electron chi connectivity index (χ2n) is 5.63. The third-order valence-electron chi connectivity index (χ3n) is 3.79. The summed E-state index contributed by atoms with van der Waals surface area (Å²) in [5, 5.41) is 1.45. The van der Waals surface area contributed by atoms with Crippen LogP contribution in [0, 0.1) is 6.92 Å². The second-order valence-corrected chi connectivity index (χ2v) is 6.47. The molecule has 25 heavy (non-hydrogen) atoms. The van der Waals surface area contributed by atoms with Gasteiger partial charge in [0, 0.05) is 16.3 Å². The second kappa shape index (κ2) is 8.19. The highest BCUT2D eigenvalue weighted by molar-refractivity contribution is 6.31. The van der Waals surface area contributed by atoms with E-state index in [1.165, 1.54) is 0 Å². The molecular formula is C21H17Cl2NO. The van der Waals surface area contributed by atoms with E-state index < -0.39 is 0 Å². The molecule has 0 aliphatic rings. The van der Waals surface area contributed by atoms with Crippen molar-refractivity contribution in [2.75, 3.05) is 0 Å². The molecule has 0 aromatic heterocycles. The van der Waals surface area contributed by atoms with Gasteiger partial charge in [0.25, 0.3) is 0 Å². The van der Waals surface area contributed by atoms with Gasteiger partial charge >= 0.3 is 0 Å². The molecule has 0 unspecified atom stereocenters. The summed E-state index contributed by atoms with van der Waals surface area (Å²) in [5.74, 6) is 0.811. The normalized spacial score (nSPS) is 11.0. The number of benzene rings is 3. The van der Waals surface area contributed by atoms with E-state index in [2.05, 4.69) is 4.99 Å². The summed E-state index contributed by atoms with van der Waals surface area (Å²) in [6.45, 7) is 2.47. The standard InChI is InChI=1S/C21H17Cl2NO/c1-15-20(23)3-2-4-21(15)24-13-16-7-11-19(12-8-16)25-14-17-5-9-18(22)10-6-17/h2-13H,14H2,1H3. The van der Waals surface area contributed by atoms with Crippen LogP contribution in [-0.2, 0) is 6.61 Å². The molecule has 3 rings (SSSR count). The molecule has 2 nitrogen and oxygen atoms in total. The van der Waals surface area contributed by atoms with Gasteiger partial charge < -0.3 is 4.74 Å². The first-order chi connectivity index (χ1) is 12.1. The van der Waals surface area contributed by atoms with Crippen LogP contribution in [0.5, 0.6) is 5.75 Å². The third-order valence-corrected chi connectivity index (χ3v) is 4.45. The Balaban J connectivity index is 1.63. The molecule has 3 aromatic rings. The average molecular weight is 370 g/mol. The first-order valence-electron chi connectivity index (χ1n) is 7.88. The molecule has 3 aromatic carbocycles. The zero-order valence-electron chi connectivity index (χ0n) is 13.7. The van der Waals surface area contributed by atoms with Gasteiger partial charge in [-0.1, -0.05) is 41.4 Å². The monoisotopic (exact) mass is 369 g/mol. The van der Waals surface area contributed by atoms with Crippen LogP contribution in [-0.4, -0.2) is 6.21 Å². The van der Waals surface area contributed by atoms with Gasteiger partial charge in [-0.05, 0) is 72.1 Å². The van der Waals surface area contributed by atoms with E-state index in [-0.39, 0.29) is 0 Å². The SMILES string of the molecule is Cc1c(Cl)cccc1N=Cc1ccc(OCc2ccc(Cl)cc2)cc1. The number of nitrogens with zero attached hydrogens (tertiary/aromatic N) is 1. The smallest absolute Gasteiger partial charge is 0.119 e. The van der Waals surface area contributed by atoms with Crippen LogP contribution in [0.15, 0.2) is 71.7 Å². The molecular weight excluding hydrogens is 353 g/mol. The molecule has 0 fully saturated rings. The maximum Gasteiger partial charge on any atom is 0.119 e. The topological polar surface area (TPSA) is 21.6 Å². The fourth-order valence-electron chi connectivity index (χ4n) is 2.28. The highest BCUT2D eigenvalue weighted by Crippen LogP contribution is 2.25. The Kier molecular flexibility index (Phi) is 5.75. The predicted octanol–water partition coefficient (Wildman–Crippen LogP) is 6.63. The highest BCUT2D eigenvalue weighted by Gasteiger charge is 2.00. The van der Waals surface area contributed by atoms with Gasteiger partial charge in [-0.15, -0.1) is 0 Å². The van der Waals surface area contributed by atoms with Crippen molar-refractivity contribution in [3.8, 4) is 5.75 Å². The molecule has 4 heteroatoms. The number of halogens is 2. The molecule has 0 spiro atoms. The Labute approximate surface area is 157 Å². The molecule has 0 heterocycles. The molecule has 0 saturated carbocycles.